The average Bonchev–Trinajstić information content (AvgIpc) is 2.37. The van der Waals surface area contributed by atoms with E-state index in [1.54, 1.807) is 24.3 Å². The van der Waals surface area contributed by atoms with Crippen LogP contribution in [0.2, 0.25) is 0 Å². The topological polar surface area (TPSA) is 72.2 Å². The lowest BCUT2D eigenvalue weighted by molar-refractivity contribution is 0.350. The van der Waals surface area contributed by atoms with Crippen molar-refractivity contribution in [3.8, 4) is 0 Å². The van der Waals surface area contributed by atoms with Crippen LogP contribution in [-0.2, 0) is 16.6 Å². The molecule has 0 fully saturated rings. The smallest absolute Gasteiger partial charge is 0.240 e. The summed E-state index contributed by atoms with van der Waals surface area (Å²) in [5, 5.41) is 0. The Balaban J connectivity index is 2.80. The molecule has 0 aliphatic carbocycles. The predicted molar refractivity (Wildman–Crippen MR) is 73.6 cm³/mol. The SMILES string of the molecule is CCC(C)(C)CNS(=O)(=O)c1ccc(CN)cc1. The van der Waals surface area contributed by atoms with Crippen LogP contribution in [-0.4, -0.2) is 15.0 Å². The van der Waals surface area contributed by atoms with E-state index in [0.717, 1.165) is 12.0 Å². The number of sulfonamides is 1. The highest BCUT2D eigenvalue weighted by atomic mass is 32.2. The van der Waals surface area contributed by atoms with Crippen molar-refractivity contribution in [3.63, 3.8) is 0 Å². The Hall–Kier alpha value is -0.910. The summed E-state index contributed by atoms with van der Waals surface area (Å²) in [6, 6.07) is 6.64. The molecule has 0 unspecified atom stereocenters. The molecule has 3 N–H and O–H groups in total. The molecule has 1 aromatic rings. The molecule has 0 saturated heterocycles. The Bertz CT molecular complexity index is 478. The summed E-state index contributed by atoms with van der Waals surface area (Å²) < 4.78 is 26.7. The van der Waals surface area contributed by atoms with Crippen LogP contribution in [0.4, 0.5) is 0 Å². The first-order chi connectivity index (χ1) is 8.30. The second kappa shape index (κ2) is 5.82. The van der Waals surface area contributed by atoms with Crippen molar-refractivity contribution < 1.29 is 8.42 Å². The fourth-order valence-electron chi connectivity index (χ4n) is 1.30. The van der Waals surface area contributed by atoms with E-state index >= 15 is 0 Å². The highest BCUT2D eigenvalue weighted by Crippen LogP contribution is 2.19. The van der Waals surface area contributed by atoms with E-state index < -0.39 is 10.0 Å². The van der Waals surface area contributed by atoms with Crippen LogP contribution in [0.25, 0.3) is 0 Å². The van der Waals surface area contributed by atoms with Crippen LogP contribution in [0.3, 0.4) is 0 Å². The zero-order chi connectivity index (χ0) is 13.8. The van der Waals surface area contributed by atoms with Gasteiger partial charge in [-0.3, -0.25) is 0 Å². The van der Waals surface area contributed by atoms with Gasteiger partial charge in [0.1, 0.15) is 0 Å². The highest BCUT2D eigenvalue weighted by Gasteiger charge is 2.20. The van der Waals surface area contributed by atoms with Gasteiger partial charge in [0.25, 0.3) is 0 Å². The maximum Gasteiger partial charge on any atom is 0.240 e. The molecule has 102 valence electrons. The van der Waals surface area contributed by atoms with Gasteiger partial charge in [-0.15, -0.1) is 0 Å². The van der Waals surface area contributed by atoms with Crippen molar-refractivity contribution in [3.05, 3.63) is 29.8 Å². The zero-order valence-corrected chi connectivity index (χ0v) is 12.0. The average molecular weight is 270 g/mol. The van der Waals surface area contributed by atoms with E-state index in [-0.39, 0.29) is 10.3 Å². The summed E-state index contributed by atoms with van der Waals surface area (Å²) >= 11 is 0. The van der Waals surface area contributed by atoms with E-state index in [2.05, 4.69) is 4.72 Å². The molecule has 0 bridgehead atoms. The minimum absolute atomic E-state index is 0.0374. The summed E-state index contributed by atoms with van der Waals surface area (Å²) in [5.41, 5.74) is 6.36. The molecule has 0 aliphatic rings. The Kier molecular flexibility index (Phi) is 4.90. The number of benzene rings is 1. The van der Waals surface area contributed by atoms with Crippen LogP contribution in [0, 0.1) is 5.41 Å². The second-order valence-corrected chi connectivity index (χ2v) is 6.96. The second-order valence-electron chi connectivity index (χ2n) is 5.19. The number of nitrogens with two attached hydrogens (primary N) is 1. The molecular weight excluding hydrogens is 248 g/mol. The van der Waals surface area contributed by atoms with E-state index in [1.807, 2.05) is 20.8 Å². The van der Waals surface area contributed by atoms with Gasteiger partial charge < -0.3 is 5.73 Å². The third-order valence-electron chi connectivity index (χ3n) is 3.17. The largest absolute Gasteiger partial charge is 0.326 e. The van der Waals surface area contributed by atoms with Crippen molar-refractivity contribution in [1.82, 2.24) is 4.72 Å². The van der Waals surface area contributed by atoms with Gasteiger partial charge in [0.05, 0.1) is 4.90 Å². The summed E-state index contributed by atoms with van der Waals surface area (Å²) in [5.74, 6) is 0. The van der Waals surface area contributed by atoms with Crippen molar-refractivity contribution in [2.24, 2.45) is 11.1 Å². The van der Waals surface area contributed by atoms with Gasteiger partial charge in [0.2, 0.25) is 10.0 Å². The first-order valence-electron chi connectivity index (χ1n) is 6.09. The number of hydrogen-bond acceptors (Lipinski definition) is 3. The summed E-state index contributed by atoms with van der Waals surface area (Å²) in [7, 11) is -3.42. The van der Waals surface area contributed by atoms with Crippen LogP contribution in [0.5, 0.6) is 0 Å². The first kappa shape index (κ1) is 15.1. The lowest BCUT2D eigenvalue weighted by Gasteiger charge is -2.22. The molecule has 0 aliphatic heterocycles. The van der Waals surface area contributed by atoms with Crippen LogP contribution >= 0.6 is 0 Å². The van der Waals surface area contributed by atoms with Gasteiger partial charge in [-0.1, -0.05) is 32.9 Å². The Labute approximate surface area is 110 Å². The van der Waals surface area contributed by atoms with Crippen LogP contribution in [0.15, 0.2) is 29.2 Å². The van der Waals surface area contributed by atoms with Gasteiger partial charge in [0.15, 0.2) is 0 Å². The van der Waals surface area contributed by atoms with E-state index in [4.69, 9.17) is 5.73 Å². The predicted octanol–water partition coefficient (Wildman–Crippen LogP) is 1.86. The molecular formula is C13H22N2O2S. The van der Waals surface area contributed by atoms with Crippen LogP contribution in [0.1, 0.15) is 32.8 Å². The van der Waals surface area contributed by atoms with Crippen molar-refractivity contribution in [1.29, 1.82) is 0 Å². The van der Waals surface area contributed by atoms with Crippen molar-refractivity contribution in [2.75, 3.05) is 6.54 Å². The molecule has 0 spiro atoms. The van der Waals surface area contributed by atoms with E-state index in [0.29, 0.717) is 13.1 Å². The summed E-state index contributed by atoms with van der Waals surface area (Å²) in [6.07, 6.45) is 0.918. The number of hydrogen-bond donors (Lipinski definition) is 2. The third-order valence-corrected chi connectivity index (χ3v) is 4.58. The van der Waals surface area contributed by atoms with E-state index in [1.165, 1.54) is 0 Å². The Morgan fingerprint density at radius 3 is 2.22 bits per heavy atom. The molecule has 0 saturated carbocycles. The first-order valence-corrected chi connectivity index (χ1v) is 7.58. The van der Waals surface area contributed by atoms with Crippen LogP contribution < -0.4 is 10.5 Å². The molecule has 0 aromatic heterocycles. The highest BCUT2D eigenvalue weighted by molar-refractivity contribution is 7.89. The number of rotatable bonds is 6. The monoisotopic (exact) mass is 270 g/mol. The normalized spacial score (nSPS) is 12.7. The Morgan fingerprint density at radius 1 is 1.22 bits per heavy atom. The minimum atomic E-state index is -3.42. The summed E-state index contributed by atoms with van der Waals surface area (Å²) in [4.78, 5) is 0.284. The van der Waals surface area contributed by atoms with Crippen molar-refractivity contribution >= 4 is 10.0 Å². The van der Waals surface area contributed by atoms with Gasteiger partial charge in [-0.05, 0) is 29.5 Å². The van der Waals surface area contributed by atoms with Crippen molar-refractivity contribution in [2.45, 2.75) is 38.6 Å². The maximum atomic E-state index is 12.1. The molecule has 4 nitrogen and oxygen atoms in total. The number of nitrogens with one attached hydrogen (secondary N) is 1. The third kappa shape index (κ3) is 4.08. The van der Waals surface area contributed by atoms with Gasteiger partial charge >= 0.3 is 0 Å². The molecule has 0 atom stereocenters. The molecule has 1 aromatic carbocycles. The fraction of sp³-hybridized carbons (Fsp3) is 0.538. The molecule has 0 heterocycles. The van der Waals surface area contributed by atoms with E-state index in [9.17, 15) is 8.42 Å². The molecule has 18 heavy (non-hydrogen) atoms. The fourth-order valence-corrected chi connectivity index (χ4v) is 2.55. The summed E-state index contributed by atoms with van der Waals surface area (Å²) in [6.45, 7) is 6.96. The lowest BCUT2D eigenvalue weighted by Crippen LogP contribution is -2.33. The molecule has 1 rings (SSSR count). The standard InChI is InChI=1S/C13H22N2O2S/c1-4-13(2,3)10-15-18(16,17)12-7-5-11(9-14)6-8-12/h5-8,15H,4,9-10,14H2,1-3H3. The van der Waals surface area contributed by atoms with Gasteiger partial charge in [0, 0.05) is 13.1 Å². The quantitative estimate of drug-likeness (QED) is 0.828. The minimum Gasteiger partial charge on any atom is -0.326 e. The molecule has 0 amide bonds. The van der Waals surface area contributed by atoms with Gasteiger partial charge in [-0.2, -0.15) is 0 Å². The van der Waals surface area contributed by atoms with Gasteiger partial charge in [-0.25, -0.2) is 13.1 Å². The zero-order valence-electron chi connectivity index (χ0n) is 11.2. The Morgan fingerprint density at radius 2 is 1.78 bits per heavy atom. The molecule has 5 heteroatoms. The molecule has 0 radical (unpaired) electrons. The maximum absolute atomic E-state index is 12.1. The lowest BCUT2D eigenvalue weighted by atomic mass is 9.91.